The lowest BCUT2D eigenvalue weighted by Gasteiger charge is -2.55. The summed E-state index contributed by atoms with van der Waals surface area (Å²) < 4.78 is 38.0. The lowest BCUT2D eigenvalue weighted by Crippen LogP contribution is -2.63. The van der Waals surface area contributed by atoms with E-state index in [0.29, 0.717) is 24.2 Å². The zero-order valence-corrected chi connectivity index (χ0v) is 16.0. The lowest BCUT2D eigenvalue weighted by molar-refractivity contribution is -0.128. The molecule has 0 bridgehead atoms. The Labute approximate surface area is 165 Å². The molecule has 156 valence electrons. The molecule has 1 atom stereocenters. The van der Waals surface area contributed by atoms with Crippen LogP contribution in [0.25, 0.3) is 0 Å². The topological polar surface area (TPSA) is 85.7 Å². The first-order valence-electron chi connectivity index (χ1n) is 8.95. The van der Waals surface area contributed by atoms with Crippen LogP contribution in [0.3, 0.4) is 0 Å². The summed E-state index contributed by atoms with van der Waals surface area (Å²) in [7, 11) is 1.89. The largest absolute Gasteiger partial charge is 0.393 e. The highest BCUT2D eigenvalue weighted by Gasteiger charge is 2.55. The monoisotopic (exact) mass is 409 g/mol. The number of aliphatic hydroxyl groups is 1. The first-order valence-corrected chi connectivity index (χ1v) is 8.95. The molecular weight excluding hydrogens is 387 g/mol. The Kier molecular flexibility index (Phi) is 5.42. The predicted molar refractivity (Wildman–Crippen MR) is 98.3 cm³/mol. The van der Waals surface area contributed by atoms with E-state index in [1.807, 2.05) is 18.9 Å². The zero-order valence-electron chi connectivity index (χ0n) is 16.0. The number of nitrogens with zero attached hydrogens (tertiary/aromatic N) is 2. The molecule has 3 N–H and O–H groups in total. The van der Waals surface area contributed by atoms with E-state index >= 15 is 0 Å². The number of amides is 1. The van der Waals surface area contributed by atoms with Gasteiger partial charge < -0.3 is 10.0 Å². The summed E-state index contributed by atoms with van der Waals surface area (Å²) in [6.45, 7) is 2.93. The highest BCUT2D eigenvalue weighted by Crippen LogP contribution is 2.50. The molecule has 2 heterocycles. The van der Waals surface area contributed by atoms with E-state index in [1.54, 1.807) is 0 Å². The second kappa shape index (κ2) is 7.40. The van der Waals surface area contributed by atoms with E-state index < -0.39 is 29.5 Å². The summed E-state index contributed by atoms with van der Waals surface area (Å²) in [4.78, 5) is 17.8. The summed E-state index contributed by atoms with van der Waals surface area (Å²) in [5.41, 5.74) is 0.122. The summed E-state index contributed by atoms with van der Waals surface area (Å²) >= 11 is 0. The molecule has 3 rings (SSSR count). The summed E-state index contributed by atoms with van der Waals surface area (Å²) in [6.07, 6.45) is -2.71. The van der Waals surface area contributed by atoms with Crippen molar-refractivity contribution in [1.82, 2.24) is 15.4 Å². The number of likely N-dealkylation sites (tertiary alicyclic amines) is 1. The molecule has 1 fully saturated rings. The van der Waals surface area contributed by atoms with Gasteiger partial charge in [0.15, 0.2) is 0 Å². The van der Waals surface area contributed by atoms with Gasteiger partial charge in [0, 0.05) is 36.5 Å². The number of pyridine rings is 1. The number of carbonyl (C=O) groups excluding carboxylic acids is 1. The third kappa shape index (κ3) is 3.98. The van der Waals surface area contributed by atoms with Gasteiger partial charge in [-0.15, -0.1) is 0 Å². The first kappa shape index (κ1) is 21.2. The van der Waals surface area contributed by atoms with Crippen molar-refractivity contribution in [2.45, 2.75) is 25.1 Å². The fourth-order valence-corrected chi connectivity index (χ4v) is 4.16. The van der Waals surface area contributed by atoms with Crippen LogP contribution < -0.4 is 5.48 Å². The minimum atomic E-state index is -4.32. The van der Waals surface area contributed by atoms with Gasteiger partial charge >= 0.3 is 6.18 Å². The molecule has 1 aromatic carbocycles. The predicted octanol–water partition coefficient (Wildman–Crippen LogP) is 2.49. The van der Waals surface area contributed by atoms with Crippen molar-refractivity contribution in [3.05, 3.63) is 65.0 Å². The molecule has 1 saturated heterocycles. The zero-order chi connectivity index (χ0) is 21.4. The van der Waals surface area contributed by atoms with Gasteiger partial charge in [-0.25, -0.2) is 5.48 Å². The number of hydrogen-bond donors (Lipinski definition) is 3. The van der Waals surface area contributed by atoms with Gasteiger partial charge in [-0.3, -0.25) is 15.0 Å². The minimum Gasteiger partial charge on any atom is -0.380 e. The van der Waals surface area contributed by atoms with E-state index in [2.05, 4.69) is 4.98 Å². The van der Waals surface area contributed by atoms with Crippen molar-refractivity contribution in [3.8, 4) is 0 Å². The molecule has 0 saturated carbocycles. The van der Waals surface area contributed by atoms with Gasteiger partial charge in [0.2, 0.25) is 0 Å². The van der Waals surface area contributed by atoms with Crippen molar-refractivity contribution < 1.29 is 28.3 Å². The fourth-order valence-electron chi connectivity index (χ4n) is 4.16. The van der Waals surface area contributed by atoms with Gasteiger partial charge in [-0.1, -0.05) is 31.2 Å². The maximum absolute atomic E-state index is 12.7. The molecule has 0 spiro atoms. The molecule has 1 aromatic heterocycles. The van der Waals surface area contributed by atoms with Crippen LogP contribution in [-0.2, 0) is 12.0 Å². The molecule has 2 aromatic rings. The maximum atomic E-state index is 12.7. The maximum Gasteiger partial charge on any atom is 0.393 e. The van der Waals surface area contributed by atoms with E-state index in [4.69, 9.17) is 5.21 Å². The van der Waals surface area contributed by atoms with Gasteiger partial charge in [-0.2, -0.15) is 13.2 Å². The third-order valence-electron chi connectivity index (χ3n) is 5.41. The Morgan fingerprint density at radius 2 is 1.83 bits per heavy atom. The summed E-state index contributed by atoms with van der Waals surface area (Å²) in [6, 6.07) is 7.06. The average molecular weight is 409 g/mol. The summed E-state index contributed by atoms with van der Waals surface area (Å²) in [5.74, 6) is -0.780. The molecule has 9 heteroatoms. The van der Waals surface area contributed by atoms with Crippen LogP contribution in [0.15, 0.2) is 42.7 Å². The molecule has 29 heavy (non-hydrogen) atoms. The Bertz CT molecular complexity index is 896. The van der Waals surface area contributed by atoms with Crippen molar-refractivity contribution in [3.63, 3.8) is 0 Å². The van der Waals surface area contributed by atoms with Gasteiger partial charge in [0.05, 0.1) is 12.0 Å². The van der Waals surface area contributed by atoms with Crippen LogP contribution >= 0.6 is 0 Å². The Morgan fingerprint density at radius 3 is 2.34 bits per heavy atom. The van der Waals surface area contributed by atoms with Crippen molar-refractivity contribution in [2.24, 2.45) is 5.41 Å². The van der Waals surface area contributed by atoms with Gasteiger partial charge in [0.1, 0.15) is 5.60 Å². The number of nitrogens with one attached hydrogen (secondary N) is 1. The molecule has 1 aliphatic rings. The van der Waals surface area contributed by atoms with Crippen LogP contribution in [-0.4, -0.2) is 52.4 Å². The Balaban J connectivity index is 2.07. The van der Waals surface area contributed by atoms with E-state index in [1.165, 1.54) is 48.2 Å². The Hall–Kier alpha value is -2.49. The number of carbonyl (C=O) groups is 1. The summed E-state index contributed by atoms with van der Waals surface area (Å²) in [5, 5.41) is 20.8. The SMILES string of the molecule is CN1CC(C)([C@](O)(c2ccc(CC(F)(F)F)cc2)c2cncc(C(=O)NO)c2)C1. The average Bonchev–Trinajstić information content (AvgIpc) is 2.65. The highest BCUT2D eigenvalue weighted by molar-refractivity contribution is 5.93. The number of rotatable bonds is 5. The van der Waals surface area contributed by atoms with E-state index in [9.17, 15) is 23.1 Å². The van der Waals surface area contributed by atoms with Crippen molar-refractivity contribution in [1.29, 1.82) is 0 Å². The van der Waals surface area contributed by atoms with Gasteiger partial charge in [0.25, 0.3) is 5.91 Å². The van der Waals surface area contributed by atoms with Gasteiger partial charge in [-0.05, 0) is 24.2 Å². The molecule has 1 aliphatic heterocycles. The second-order valence-corrected chi connectivity index (χ2v) is 7.84. The lowest BCUT2D eigenvalue weighted by atomic mass is 9.62. The molecule has 0 radical (unpaired) electrons. The van der Waals surface area contributed by atoms with Crippen LogP contribution in [0, 0.1) is 5.41 Å². The first-order chi connectivity index (χ1) is 13.5. The molecule has 6 nitrogen and oxygen atoms in total. The molecule has 1 amide bonds. The van der Waals surface area contributed by atoms with Crippen LogP contribution in [0.4, 0.5) is 13.2 Å². The van der Waals surface area contributed by atoms with E-state index in [0.717, 1.165) is 0 Å². The van der Waals surface area contributed by atoms with Crippen LogP contribution in [0.2, 0.25) is 0 Å². The minimum absolute atomic E-state index is 0.0494. The standard InChI is InChI=1S/C20H22F3N3O3/c1-18(11-26(2)12-18)20(28,16-7-14(9-24-10-16)17(27)25-29)15-5-3-13(4-6-15)8-19(21,22)23/h3-7,9-10,28-29H,8,11-12H2,1-2H3,(H,25,27)/t20-/m0/s1. The molecular formula is C20H22F3N3O3. The quantitative estimate of drug-likeness (QED) is 0.522. The number of hydrogen-bond acceptors (Lipinski definition) is 5. The highest BCUT2D eigenvalue weighted by atomic mass is 19.4. The number of halogens is 3. The molecule has 0 aliphatic carbocycles. The fraction of sp³-hybridized carbons (Fsp3) is 0.400. The smallest absolute Gasteiger partial charge is 0.380 e. The van der Waals surface area contributed by atoms with Crippen molar-refractivity contribution >= 4 is 5.91 Å². The third-order valence-corrected chi connectivity index (χ3v) is 5.41. The number of alkyl halides is 3. The number of benzene rings is 1. The number of hydroxylamine groups is 1. The number of aromatic nitrogens is 1. The normalized spacial score (nSPS) is 18.6. The van der Waals surface area contributed by atoms with E-state index in [-0.39, 0.29) is 11.1 Å². The second-order valence-electron chi connectivity index (χ2n) is 7.84. The van der Waals surface area contributed by atoms with Crippen LogP contribution in [0.1, 0.15) is 34.0 Å². The Morgan fingerprint density at radius 1 is 1.21 bits per heavy atom. The van der Waals surface area contributed by atoms with Crippen LogP contribution in [0.5, 0.6) is 0 Å². The van der Waals surface area contributed by atoms with Crippen molar-refractivity contribution in [2.75, 3.05) is 20.1 Å². The molecule has 0 unspecified atom stereocenters.